The number of nitro groups is 1. The predicted molar refractivity (Wildman–Crippen MR) is 141 cm³/mol. The maximum Gasteiger partial charge on any atom is 0.412 e. The fraction of sp³-hybridized carbons (Fsp3) is 0.250. The summed E-state index contributed by atoms with van der Waals surface area (Å²) in [6, 6.07) is 18.3. The molecule has 0 radical (unpaired) electrons. The van der Waals surface area contributed by atoms with Crippen LogP contribution in [0.4, 0.5) is 16.2 Å². The number of aryl methyl sites for hydroxylation is 1. The summed E-state index contributed by atoms with van der Waals surface area (Å²) >= 11 is 0. The van der Waals surface area contributed by atoms with Crippen molar-refractivity contribution in [3.63, 3.8) is 0 Å². The van der Waals surface area contributed by atoms with Gasteiger partial charge in [-0.2, -0.15) is 5.10 Å². The molecular formula is C28H28N4O5. The second-order valence-corrected chi connectivity index (χ2v) is 9.52. The first-order valence-electron chi connectivity index (χ1n) is 13.1. The molecule has 3 aromatic rings. The van der Waals surface area contributed by atoms with Crippen molar-refractivity contribution in [1.82, 2.24) is 5.01 Å². The SMILES string of the molecule is [2H]C([2H])([2H])c1cc(NC(=O)OC(C)(C)C)ccc1C1=NN(C(=O)c2ccc([N+](=O)[O-])cc2)C(c2ccccc2)C1. The van der Waals surface area contributed by atoms with E-state index in [9.17, 15) is 19.7 Å². The van der Waals surface area contributed by atoms with Crippen LogP contribution in [0.3, 0.4) is 0 Å². The Morgan fingerprint density at radius 1 is 1.11 bits per heavy atom. The van der Waals surface area contributed by atoms with Gasteiger partial charge in [-0.1, -0.05) is 36.4 Å². The van der Waals surface area contributed by atoms with Gasteiger partial charge in [-0.3, -0.25) is 20.2 Å². The number of hydrogen-bond donors (Lipinski definition) is 1. The molecule has 1 aliphatic heterocycles. The number of nitrogens with one attached hydrogen (secondary N) is 1. The van der Waals surface area contributed by atoms with E-state index < -0.39 is 35.4 Å². The van der Waals surface area contributed by atoms with Gasteiger partial charge in [0.25, 0.3) is 11.6 Å². The van der Waals surface area contributed by atoms with Crippen LogP contribution in [0, 0.1) is 17.0 Å². The van der Waals surface area contributed by atoms with Gasteiger partial charge in [-0.15, -0.1) is 0 Å². The van der Waals surface area contributed by atoms with E-state index >= 15 is 0 Å². The zero-order chi connectivity index (χ0) is 29.2. The third-order valence-electron chi connectivity index (χ3n) is 5.60. The number of carbonyl (C=O) groups excluding carboxylic acids is 2. The van der Waals surface area contributed by atoms with Gasteiger partial charge >= 0.3 is 6.09 Å². The van der Waals surface area contributed by atoms with E-state index in [-0.39, 0.29) is 28.9 Å². The molecule has 190 valence electrons. The summed E-state index contributed by atoms with van der Waals surface area (Å²) in [5, 5.41) is 19.5. The summed E-state index contributed by atoms with van der Waals surface area (Å²) in [7, 11) is 0. The van der Waals surface area contributed by atoms with E-state index in [0.717, 1.165) is 5.56 Å². The van der Waals surface area contributed by atoms with E-state index in [0.29, 0.717) is 11.3 Å². The Labute approximate surface area is 219 Å². The number of nitro benzene ring substituents is 1. The molecule has 0 saturated heterocycles. The third kappa shape index (κ3) is 6.00. The average Bonchev–Trinajstić information content (AvgIpc) is 3.32. The van der Waals surface area contributed by atoms with Crippen LogP contribution in [0.15, 0.2) is 77.9 Å². The molecule has 0 aliphatic carbocycles. The summed E-state index contributed by atoms with van der Waals surface area (Å²) in [6.07, 6.45) is -0.496. The highest BCUT2D eigenvalue weighted by Gasteiger charge is 2.34. The summed E-state index contributed by atoms with van der Waals surface area (Å²) in [6.45, 7) is 2.60. The Morgan fingerprint density at radius 3 is 2.43 bits per heavy atom. The Morgan fingerprint density at radius 2 is 1.81 bits per heavy atom. The number of hydrogen-bond acceptors (Lipinski definition) is 6. The number of non-ortho nitro benzene ring substituents is 1. The van der Waals surface area contributed by atoms with Crippen LogP contribution in [-0.4, -0.2) is 33.2 Å². The van der Waals surface area contributed by atoms with Crippen LogP contribution in [0.5, 0.6) is 0 Å². The lowest BCUT2D eigenvalue weighted by Crippen LogP contribution is -2.27. The van der Waals surface area contributed by atoms with Crippen molar-refractivity contribution in [2.75, 3.05) is 5.32 Å². The van der Waals surface area contributed by atoms with Gasteiger partial charge in [0.05, 0.1) is 16.7 Å². The van der Waals surface area contributed by atoms with Gasteiger partial charge in [-0.25, -0.2) is 9.80 Å². The maximum absolute atomic E-state index is 13.5. The fourth-order valence-corrected chi connectivity index (χ4v) is 3.95. The highest BCUT2D eigenvalue weighted by molar-refractivity contribution is 6.06. The normalized spacial score (nSPS) is 16.7. The fourth-order valence-electron chi connectivity index (χ4n) is 3.95. The molecule has 9 heteroatoms. The Bertz CT molecular complexity index is 1470. The topological polar surface area (TPSA) is 114 Å². The Hall–Kier alpha value is -4.53. The number of nitrogens with zero attached hydrogens (tertiary/aromatic N) is 3. The molecule has 0 saturated carbocycles. The first kappa shape index (κ1) is 21.7. The van der Waals surface area contributed by atoms with Crippen LogP contribution in [-0.2, 0) is 4.74 Å². The zero-order valence-electron chi connectivity index (χ0n) is 23.6. The molecule has 2 amide bonds. The number of amides is 2. The molecule has 1 heterocycles. The zero-order valence-corrected chi connectivity index (χ0v) is 20.6. The van der Waals surface area contributed by atoms with E-state index in [2.05, 4.69) is 10.4 Å². The van der Waals surface area contributed by atoms with Crippen molar-refractivity contribution in [3.8, 4) is 0 Å². The van der Waals surface area contributed by atoms with Crippen LogP contribution >= 0.6 is 0 Å². The number of ether oxygens (including phenoxy) is 1. The number of hydrazone groups is 1. The van der Waals surface area contributed by atoms with Gasteiger partial charge in [-0.05, 0) is 63.0 Å². The molecule has 0 fully saturated rings. The minimum atomic E-state index is -2.55. The summed E-state index contributed by atoms with van der Waals surface area (Å²) in [5.41, 5.74) is 0.983. The van der Waals surface area contributed by atoms with E-state index in [1.165, 1.54) is 35.3 Å². The van der Waals surface area contributed by atoms with Crippen molar-refractivity contribution in [1.29, 1.82) is 0 Å². The molecule has 1 atom stereocenters. The smallest absolute Gasteiger partial charge is 0.412 e. The van der Waals surface area contributed by atoms with Gasteiger partial charge in [0.1, 0.15) is 5.60 Å². The minimum absolute atomic E-state index is 0.0451. The lowest BCUT2D eigenvalue weighted by Gasteiger charge is -2.22. The molecule has 1 unspecified atom stereocenters. The van der Waals surface area contributed by atoms with E-state index in [1.807, 2.05) is 30.3 Å². The number of rotatable bonds is 5. The van der Waals surface area contributed by atoms with Crippen molar-refractivity contribution in [3.05, 3.63) is 105 Å². The van der Waals surface area contributed by atoms with Crippen molar-refractivity contribution >= 4 is 29.1 Å². The number of benzene rings is 3. The van der Waals surface area contributed by atoms with E-state index in [1.54, 1.807) is 32.9 Å². The lowest BCUT2D eigenvalue weighted by molar-refractivity contribution is -0.384. The molecule has 37 heavy (non-hydrogen) atoms. The first-order valence-corrected chi connectivity index (χ1v) is 11.6. The second-order valence-electron chi connectivity index (χ2n) is 9.52. The standard InChI is InChI=1S/C28H28N4O5/c1-18-16-21(29-27(34)37-28(2,3)4)12-15-23(18)24-17-25(19-8-6-5-7-9-19)31(30-24)26(33)20-10-13-22(14-11-20)32(35)36/h5-16,25H,17H2,1-4H3,(H,29,34)/i1D3. The van der Waals surface area contributed by atoms with Gasteiger partial charge in [0, 0.05) is 39.5 Å². The van der Waals surface area contributed by atoms with Crippen LogP contribution in [0.2, 0.25) is 0 Å². The molecule has 1 aliphatic rings. The number of anilines is 1. The quantitative estimate of drug-likeness (QED) is 0.327. The molecule has 3 aromatic carbocycles. The van der Waals surface area contributed by atoms with Crippen LogP contribution in [0.1, 0.15) is 64.4 Å². The lowest BCUT2D eigenvalue weighted by atomic mass is 9.95. The summed E-state index contributed by atoms with van der Waals surface area (Å²) in [4.78, 5) is 36.3. The predicted octanol–water partition coefficient (Wildman–Crippen LogP) is 6.24. The van der Waals surface area contributed by atoms with Gasteiger partial charge in [0.15, 0.2) is 0 Å². The van der Waals surface area contributed by atoms with Crippen LogP contribution < -0.4 is 5.32 Å². The van der Waals surface area contributed by atoms with Gasteiger partial charge < -0.3 is 4.74 Å². The van der Waals surface area contributed by atoms with Crippen molar-refractivity contribution < 1.29 is 23.4 Å². The molecule has 4 rings (SSSR count). The summed E-state index contributed by atoms with van der Waals surface area (Å²) < 4.78 is 29.7. The molecular weight excluding hydrogens is 472 g/mol. The average molecular weight is 504 g/mol. The van der Waals surface area contributed by atoms with Crippen LogP contribution in [0.25, 0.3) is 0 Å². The Kier molecular flexibility index (Phi) is 6.00. The highest BCUT2D eigenvalue weighted by atomic mass is 16.6. The second kappa shape index (κ2) is 10.2. The first-order chi connectivity index (χ1) is 18.7. The molecule has 0 aromatic heterocycles. The minimum Gasteiger partial charge on any atom is -0.444 e. The molecule has 0 spiro atoms. The highest BCUT2D eigenvalue weighted by Crippen LogP contribution is 2.35. The third-order valence-corrected chi connectivity index (χ3v) is 5.60. The summed E-state index contributed by atoms with van der Waals surface area (Å²) in [5.74, 6) is -0.489. The van der Waals surface area contributed by atoms with E-state index in [4.69, 9.17) is 8.85 Å². The van der Waals surface area contributed by atoms with Crippen molar-refractivity contribution in [2.24, 2.45) is 5.10 Å². The maximum atomic E-state index is 13.5. The molecule has 1 N–H and O–H groups in total. The Balaban J connectivity index is 1.72. The van der Waals surface area contributed by atoms with Crippen molar-refractivity contribution in [2.45, 2.75) is 45.7 Å². The molecule has 9 nitrogen and oxygen atoms in total. The largest absolute Gasteiger partial charge is 0.444 e. The number of carbonyl (C=O) groups is 2. The van der Waals surface area contributed by atoms with Gasteiger partial charge in [0.2, 0.25) is 0 Å². The molecule has 0 bridgehead atoms. The monoisotopic (exact) mass is 503 g/mol.